The first-order valence-electron chi connectivity index (χ1n) is 13.2. The fraction of sp³-hybridized carbons (Fsp3) is 0.267. The molecule has 0 bridgehead atoms. The second kappa shape index (κ2) is 15.5. The Hall–Kier alpha value is -4.55. The highest BCUT2D eigenvalue weighted by molar-refractivity contribution is 7.80. The molecule has 0 fully saturated rings. The van der Waals surface area contributed by atoms with E-state index in [0.717, 1.165) is 5.56 Å². The number of phenols is 2. The summed E-state index contributed by atoms with van der Waals surface area (Å²) in [4.78, 5) is 51.3. The zero-order valence-corrected chi connectivity index (χ0v) is 23.5. The van der Waals surface area contributed by atoms with Gasteiger partial charge >= 0.3 is 5.97 Å². The van der Waals surface area contributed by atoms with E-state index < -0.39 is 47.9 Å². The second-order valence-electron chi connectivity index (χ2n) is 9.74. The van der Waals surface area contributed by atoms with E-state index in [-0.39, 0.29) is 36.5 Å². The van der Waals surface area contributed by atoms with E-state index in [4.69, 9.17) is 5.73 Å². The molecule has 0 aromatic heterocycles. The largest absolute Gasteiger partial charge is 0.508 e. The molecular weight excluding hydrogens is 560 g/mol. The van der Waals surface area contributed by atoms with Gasteiger partial charge in [0.25, 0.3) is 0 Å². The maximum absolute atomic E-state index is 13.6. The van der Waals surface area contributed by atoms with Gasteiger partial charge in [0.2, 0.25) is 17.7 Å². The normalized spacial score (nSPS) is 13.7. The van der Waals surface area contributed by atoms with E-state index in [0.29, 0.717) is 11.1 Å². The highest BCUT2D eigenvalue weighted by Crippen LogP contribution is 2.13. The fourth-order valence-corrected chi connectivity index (χ4v) is 4.37. The van der Waals surface area contributed by atoms with E-state index in [1.54, 1.807) is 48.5 Å². The number of benzene rings is 3. The number of nitrogens with one attached hydrogen (secondary N) is 3. The standard InChI is InChI=1S/C30H34N4O7S/c31-23(14-19-6-10-21(35)11-7-19)27(37)32-24(15-18-4-2-1-3-5-18)28(38)33-25(16-20-8-12-22(36)13-9-20)29(39)34-26(17-42)30(40)41/h1-13,23-26,35-36,42H,14-17,31H2,(H,32,37)(H,33,38)(H,34,39)(H,40,41). The van der Waals surface area contributed by atoms with Crippen LogP contribution in [0.5, 0.6) is 11.5 Å². The van der Waals surface area contributed by atoms with Crippen LogP contribution in [0.25, 0.3) is 0 Å². The van der Waals surface area contributed by atoms with E-state index in [9.17, 15) is 34.5 Å². The summed E-state index contributed by atoms with van der Waals surface area (Å²) in [5, 5.41) is 36.2. The molecule has 12 heteroatoms. The summed E-state index contributed by atoms with van der Waals surface area (Å²) >= 11 is 3.98. The SMILES string of the molecule is NC(Cc1ccc(O)cc1)C(=O)NC(Cc1ccccc1)C(=O)NC(Cc1ccc(O)cc1)C(=O)NC(CS)C(=O)O. The average Bonchev–Trinajstić information content (AvgIpc) is 2.97. The van der Waals surface area contributed by atoms with Gasteiger partial charge in [-0.05, 0) is 47.4 Å². The van der Waals surface area contributed by atoms with Gasteiger partial charge < -0.3 is 37.0 Å². The zero-order valence-electron chi connectivity index (χ0n) is 22.6. The van der Waals surface area contributed by atoms with Crippen molar-refractivity contribution >= 4 is 36.3 Å². The van der Waals surface area contributed by atoms with Crippen molar-refractivity contribution in [2.45, 2.75) is 43.4 Å². The van der Waals surface area contributed by atoms with Gasteiger partial charge in [0.05, 0.1) is 6.04 Å². The van der Waals surface area contributed by atoms with Gasteiger partial charge in [-0.3, -0.25) is 14.4 Å². The Labute approximate surface area is 248 Å². The van der Waals surface area contributed by atoms with Crippen molar-refractivity contribution in [3.8, 4) is 11.5 Å². The van der Waals surface area contributed by atoms with Crippen molar-refractivity contribution in [1.29, 1.82) is 0 Å². The van der Waals surface area contributed by atoms with Gasteiger partial charge in [-0.15, -0.1) is 0 Å². The van der Waals surface area contributed by atoms with Gasteiger partial charge in [-0.25, -0.2) is 4.79 Å². The molecule has 42 heavy (non-hydrogen) atoms. The zero-order chi connectivity index (χ0) is 30.6. The van der Waals surface area contributed by atoms with Crippen LogP contribution in [0.3, 0.4) is 0 Å². The smallest absolute Gasteiger partial charge is 0.327 e. The minimum atomic E-state index is -1.29. The third-order valence-electron chi connectivity index (χ3n) is 6.45. The summed E-state index contributed by atoms with van der Waals surface area (Å²) in [6, 6.07) is 16.5. The number of thiol groups is 1. The number of carboxylic acids is 1. The van der Waals surface area contributed by atoms with Crippen molar-refractivity contribution in [1.82, 2.24) is 16.0 Å². The molecule has 4 unspecified atom stereocenters. The molecule has 0 aliphatic heterocycles. The topological polar surface area (TPSA) is 191 Å². The number of amides is 3. The number of hydrogen-bond donors (Lipinski definition) is 8. The monoisotopic (exact) mass is 594 g/mol. The van der Waals surface area contributed by atoms with Gasteiger partial charge in [0.1, 0.15) is 29.6 Å². The van der Waals surface area contributed by atoms with Crippen LogP contribution in [-0.4, -0.2) is 68.9 Å². The van der Waals surface area contributed by atoms with Gasteiger partial charge in [-0.2, -0.15) is 12.6 Å². The molecule has 3 aromatic carbocycles. The molecule has 8 N–H and O–H groups in total. The van der Waals surface area contributed by atoms with Crippen LogP contribution in [0.2, 0.25) is 0 Å². The molecule has 0 saturated carbocycles. The maximum Gasteiger partial charge on any atom is 0.327 e. The molecular formula is C30H34N4O7S. The minimum Gasteiger partial charge on any atom is -0.508 e. The summed E-state index contributed by atoms with van der Waals surface area (Å²) in [7, 11) is 0. The number of rotatable bonds is 14. The Kier molecular flexibility index (Phi) is 11.8. The molecule has 3 aromatic rings. The van der Waals surface area contributed by atoms with Crippen LogP contribution in [0.15, 0.2) is 78.9 Å². The molecule has 11 nitrogen and oxygen atoms in total. The molecule has 0 heterocycles. The van der Waals surface area contributed by atoms with Crippen molar-refractivity contribution in [3.05, 3.63) is 95.6 Å². The number of carboxylic acid groups (broad SMARTS) is 1. The number of phenolic OH excluding ortho intramolecular Hbond substituents is 2. The number of aliphatic carboxylic acids is 1. The van der Waals surface area contributed by atoms with Crippen LogP contribution in [0, 0.1) is 0 Å². The predicted octanol–water partition coefficient (Wildman–Crippen LogP) is 0.922. The molecule has 3 amide bonds. The lowest BCUT2D eigenvalue weighted by atomic mass is 10.0. The Morgan fingerprint density at radius 1 is 0.619 bits per heavy atom. The predicted molar refractivity (Wildman–Crippen MR) is 159 cm³/mol. The number of carbonyl (C=O) groups is 4. The Morgan fingerprint density at radius 2 is 1.02 bits per heavy atom. The molecule has 3 rings (SSSR count). The lowest BCUT2D eigenvalue weighted by molar-refractivity contribution is -0.141. The van der Waals surface area contributed by atoms with E-state index in [1.165, 1.54) is 24.3 Å². The molecule has 4 atom stereocenters. The summed E-state index contributed by atoms with van der Waals surface area (Å²) in [5.41, 5.74) is 8.18. The van der Waals surface area contributed by atoms with Crippen LogP contribution in [0.1, 0.15) is 16.7 Å². The Balaban J connectivity index is 1.82. The van der Waals surface area contributed by atoms with Crippen LogP contribution < -0.4 is 21.7 Å². The number of aromatic hydroxyl groups is 2. The highest BCUT2D eigenvalue weighted by Gasteiger charge is 2.30. The first-order valence-corrected chi connectivity index (χ1v) is 13.8. The lowest BCUT2D eigenvalue weighted by Gasteiger charge is -2.25. The minimum absolute atomic E-state index is 0.0130. The summed E-state index contributed by atoms with van der Waals surface area (Å²) in [6.07, 6.45) is 0.216. The van der Waals surface area contributed by atoms with Crippen LogP contribution in [-0.2, 0) is 38.4 Å². The van der Waals surface area contributed by atoms with Crippen LogP contribution >= 0.6 is 12.6 Å². The average molecular weight is 595 g/mol. The lowest BCUT2D eigenvalue weighted by Crippen LogP contribution is -2.58. The fourth-order valence-electron chi connectivity index (χ4n) is 4.12. The highest BCUT2D eigenvalue weighted by atomic mass is 32.1. The Bertz CT molecular complexity index is 1350. The van der Waals surface area contributed by atoms with Crippen molar-refractivity contribution in [2.24, 2.45) is 5.73 Å². The van der Waals surface area contributed by atoms with Gasteiger partial charge in [-0.1, -0.05) is 54.6 Å². The molecule has 0 spiro atoms. The third-order valence-corrected chi connectivity index (χ3v) is 6.82. The number of hydrogen-bond acceptors (Lipinski definition) is 8. The van der Waals surface area contributed by atoms with Gasteiger partial charge in [0.15, 0.2) is 0 Å². The first kappa shape index (κ1) is 32.0. The Morgan fingerprint density at radius 3 is 1.48 bits per heavy atom. The van der Waals surface area contributed by atoms with E-state index >= 15 is 0 Å². The second-order valence-corrected chi connectivity index (χ2v) is 10.1. The first-order chi connectivity index (χ1) is 20.0. The maximum atomic E-state index is 13.6. The summed E-state index contributed by atoms with van der Waals surface area (Å²) < 4.78 is 0. The van der Waals surface area contributed by atoms with Gasteiger partial charge in [0, 0.05) is 18.6 Å². The third kappa shape index (κ3) is 9.82. The molecule has 0 saturated heterocycles. The molecule has 0 aliphatic rings. The van der Waals surface area contributed by atoms with Crippen molar-refractivity contribution in [2.75, 3.05) is 5.75 Å². The molecule has 0 aliphatic carbocycles. The summed E-state index contributed by atoms with van der Waals surface area (Å²) in [6.45, 7) is 0. The summed E-state index contributed by atoms with van der Waals surface area (Å²) in [5.74, 6) is -3.41. The number of nitrogens with two attached hydrogens (primary N) is 1. The van der Waals surface area contributed by atoms with Crippen molar-refractivity contribution < 1.29 is 34.5 Å². The van der Waals surface area contributed by atoms with Crippen LogP contribution in [0.4, 0.5) is 0 Å². The molecule has 0 radical (unpaired) electrons. The number of carbonyl (C=O) groups excluding carboxylic acids is 3. The van der Waals surface area contributed by atoms with E-state index in [1.807, 2.05) is 6.07 Å². The van der Waals surface area contributed by atoms with E-state index in [2.05, 4.69) is 28.6 Å². The molecule has 222 valence electrons. The van der Waals surface area contributed by atoms with Crippen molar-refractivity contribution in [3.63, 3.8) is 0 Å². The quantitative estimate of drug-likeness (QED) is 0.126.